The molecule has 0 aliphatic heterocycles. The topological polar surface area (TPSA) is 61.4 Å². The Morgan fingerprint density at radius 1 is 1.07 bits per heavy atom. The van der Waals surface area contributed by atoms with Gasteiger partial charge in [-0.2, -0.15) is 23.4 Å². The Bertz CT molecular complexity index is 1110. The quantitative estimate of drug-likeness (QED) is 0.528. The molecule has 0 atom stereocenters. The molecule has 3 heterocycles. The van der Waals surface area contributed by atoms with Gasteiger partial charge in [-0.3, -0.25) is 4.68 Å². The van der Waals surface area contributed by atoms with Gasteiger partial charge in [-0.05, 0) is 30.7 Å². The lowest BCUT2D eigenvalue weighted by molar-refractivity contribution is -0.141. The molecule has 4 rings (SSSR count). The van der Waals surface area contributed by atoms with E-state index in [1.165, 1.54) is 4.68 Å². The maximum atomic E-state index is 12.8. The van der Waals surface area contributed by atoms with E-state index in [9.17, 15) is 13.2 Å². The van der Waals surface area contributed by atoms with Crippen molar-refractivity contribution in [1.82, 2.24) is 29.8 Å². The lowest BCUT2D eigenvalue weighted by Crippen LogP contribution is -2.07. The van der Waals surface area contributed by atoms with E-state index < -0.39 is 11.9 Å². The smallest absolute Gasteiger partial charge is 0.259 e. The second-order valence-electron chi connectivity index (χ2n) is 5.99. The van der Waals surface area contributed by atoms with Crippen LogP contribution in [0.15, 0.2) is 42.6 Å². The van der Waals surface area contributed by atoms with E-state index in [1.807, 2.05) is 12.1 Å². The Morgan fingerprint density at radius 3 is 2.48 bits per heavy atom. The summed E-state index contributed by atoms with van der Waals surface area (Å²) in [5.41, 5.74) is 2.33. The zero-order valence-electron chi connectivity index (χ0n) is 13.9. The molecule has 10 heteroatoms. The minimum absolute atomic E-state index is 0.272. The Labute approximate surface area is 156 Å². The van der Waals surface area contributed by atoms with Crippen LogP contribution in [0.2, 0.25) is 5.15 Å². The second-order valence-corrected chi connectivity index (χ2v) is 6.37. The van der Waals surface area contributed by atoms with Gasteiger partial charge in [0.15, 0.2) is 10.8 Å². The van der Waals surface area contributed by atoms with Crippen LogP contribution in [0, 0.1) is 6.92 Å². The highest BCUT2D eigenvalue weighted by atomic mass is 35.5. The molecule has 3 aromatic heterocycles. The molecular weight excluding hydrogens is 381 g/mol. The molecule has 27 heavy (non-hydrogen) atoms. The molecule has 138 valence electrons. The standard InChI is InChI=1S/C17H12ClF3N6/c1-10-6-15(17(19,20)21)25-27(10)12-4-2-11(3-5-12)9-26-14-7-16(18)24-23-13(14)8-22-26/h2-8H,9H2,1H3. The third-order valence-corrected chi connectivity index (χ3v) is 4.24. The number of nitrogens with zero attached hydrogens (tertiary/aromatic N) is 6. The average Bonchev–Trinajstić information content (AvgIpc) is 3.19. The van der Waals surface area contributed by atoms with Crippen LogP contribution >= 0.6 is 11.6 Å². The summed E-state index contributed by atoms with van der Waals surface area (Å²) in [6, 6.07) is 9.76. The van der Waals surface area contributed by atoms with Crippen molar-refractivity contribution in [2.45, 2.75) is 19.6 Å². The van der Waals surface area contributed by atoms with Crippen LogP contribution < -0.4 is 0 Å². The van der Waals surface area contributed by atoms with Gasteiger partial charge >= 0.3 is 6.18 Å². The normalized spacial score (nSPS) is 12.0. The van der Waals surface area contributed by atoms with E-state index in [0.29, 0.717) is 23.4 Å². The number of aromatic nitrogens is 6. The molecule has 0 aliphatic rings. The molecule has 0 saturated carbocycles. The number of alkyl halides is 3. The fraction of sp³-hybridized carbons (Fsp3) is 0.176. The molecule has 1 aromatic carbocycles. The van der Waals surface area contributed by atoms with Crippen molar-refractivity contribution in [3.63, 3.8) is 0 Å². The summed E-state index contributed by atoms with van der Waals surface area (Å²) in [6.07, 6.45) is -2.87. The molecule has 0 unspecified atom stereocenters. The molecule has 0 N–H and O–H groups in total. The van der Waals surface area contributed by atoms with Gasteiger partial charge < -0.3 is 0 Å². The van der Waals surface area contributed by atoms with Crippen LogP contribution in [0.4, 0.5) is 13.2 Å². The van der Waals surface area contributed by atoms with Crippen molar-refractivity contribution < 1.29 is 13.2 Å². The van der Waals surface area contributed by atoms with Crippen LogP contribution in [0.3, 0.4) is 0 Å². The molecule has 0 radical (unpaired) electrons. The highest BCUT2D eigenvalue weighted by Crippen LogP contribution is 2.29. The molecule has 0 amide bonds. The summed E-state index contributed by atoms with van der Waals surface area (Å²) < 4.78 is 41.5. The van der Waals surface area contributed by atoms with Crippen molar-refractivity contribution in [3.05, 3.63) is 64.7 Å². The largest absolute Gasteiger partial charge is 0.435 e. The summed E-state index contributed by atoms with van der Waals surface area (Å²) in [4.78, 5) is 0. The Kier molecular flexibility index (Phi) is 4.11. The first-order valence-corrected chi connectivity index (χ1v) is 8.27. The van der Waals surface area contributed by atoms with Crippen molar-refractivity contribution >= 4 is 22.6 Å². The number of fused-ring (bicyclic) bond motifs is 1. The number of benzene rings is 1. The van der Waals surface area contributed by atoms with E-state index >= 15 is 0 Å². The minimum atomic E-state index is -4.47. The third-order valence-electron chi connectivity index (χ3n) is 4.06. The van der Waals surface area contributed by atoms with Crippen molar-refractivity contribution in [2.24, 2.45) is 0 Å². The second kappa shape index (κ2) is 6.34. The van der Waals surface area contributed by atoms with Crippen LogP contribution in [-0.4, -0.2) is 29.8 Å². The van der Waals surface area contributed by atoms with E-state index in [-0.39, 0.29) is 5.15 Å². The number of hydrogen-bond acceptors (Lipinski definition) is 4. The average molecular weight is 393 g/mol. The highest BCUT2D eigenvalue weighted by molar-refractivity contribution is 6.29. The molecular formula is C17H12ClF3N6. The minimum Gasteiger partial charge on any atom is -0.259 e. The van der Waals surface area contributed by atoms with Gasteiger partial charge in [0.1, 0.15) is 5.52 Å². The van der Waals surface area contributed by atoms with Gasteiger partial charge in [0.2, 0.25) is 0 Å². The Morgan fingerprint density at radius 2 is 1.81 bits per heavy atom. The monoisotopic (exact) mass is 392 g/mol. The SMILES string of the molecule is Cc1cc(C(F)(F)F)nn1-c1ccc(Cn2ncc3nnc(Cl)cc32)cc1. The van der Waals surface area contributed by atoms with Crippen LogP contribution in [-0.2, 0) is 12.7 Å². The Hall–Kier alpha value is -2.94. The number of hydrogen-bond donors (Lipinski definition) is 0. The fourth-order valence-electron chi connectivity index (χ4n) is 2.77. The lowest BCUT2D eigenvalue weighted by Gasteiger charge is -2.07. The molecule has 6 nitrogen and oxygen atoms in total. The van der Waals surface area contributed by atoms with Gasteiger partial charge in [-0.1, -0.05) is 23.7 Å². The van der Waals surface area contributed by atoms with E-state index in [2.05, 4.69) is 20.4 Å². The molecule has 4 aromatic rings. The summed E-state index contributed by atoms with van der Waals surface area (Å²) in [5, 5.41) is 15.9. The zero-order valence-corrected chi connectivity index (χ0v) is 14.7. The van der Waals surface area contributed by atoms with E-state index in [0.717, 1.165) is 17.1 Å². The summed E-state index contributed by atoms with van der Waals surface area (Å²) in [5.74, 6) is 0. The van der Waals surface area contributed by atoms with E-state index in [1.54, 1.807) is 36.0 Å². The number of halogens is 4. The first-order chi connectivity index (χ1) is 12.8. The van der Waals surface area contributed by atoms with Gasteiger partial charge in [0, 0.05) is 11.8 Å². The van der Waals surface area contributed by atoms with Crippen LogP contribution in [0.1, 0.15) is 17.0 Å². The van der Waals surface area contributed by atoms with Crippen LogP contribution in [0.5, 0.6) is 0 Å². The van der Waals surface area contributed by atoms with Crippen LogP contribution in [0.25, 0.3) is 16.7 Å². The first kappa shape index (κ1) is 17.5. The van der Waals surface area contributed by atoms with Gasteiger partial charge in [-0.25, -0.2) is 4.68 Å². The third kappa shape index (κ3) is 3.37. The predicted molar refractivity (Wildman–Crippen MR) is 92.7 cm³/mol. The highest BCUT2D eigenvalue weighted by Gasteiger charge is 2.34. The van der Waals surface area contributed by atoms with Gasteiger partial charge in [0.05, 0.1) is 23.9 Å². The van der Waals surface area contributed by atoms with Crippen molar-refractivity contribution in [3.8, 4) is 5.69 Å². The fourth-order valence-corrected chi connectivity index (χ4v) is 2.91. The maximum absolute atomic E-state index is 12.8. The molecule has 0 saturated heterocycles. The molecule has 0 fully saturated rings. The molecule has 0 aliphatic carbocycles. The van der Waals surface area contributed by atoms with Crippen molar-refractivity contribution in [1.29, 1.82) is 0 Å². The molecule has 0 spiro atoms. The van der Waals surface area contributed by atoms with Crippen molar-refractivity contribution in [2.75, 3.05) is 0 Å². The van der Waals surface area contributed by atoms with Gasteiger partial charge in [-0.15, -0.1) is 10.2 Å². The number of aryl methyl sites for hydroxylation is 1. The summed E-state index contributed by atoms with van der Waals surface area (Å²) >= 11 is 5.88. The summed E-state index contributed by atoms with van der Waals surface area (Å²) in [6.45, 7) is 2.04. The van der Waals surface area contributed by atoms with E-state index in [4.69, 9.17) is 11.6 Å². The lowest BCUT2D eigenvalue weighted by atomic mass is 10.2. The predicted octanol–water partition coefficient (Wildman–Crippen LogP) is 4.04. The maximum Gasteiger partial charge on any atom is 0.435 e. The Balaban J connectivity index is 1.61. The molecule has 0 bridgehead atoms. The van der Waals surface area contributed by atoms with Gasteiger partial charge in [0.25, 0.3) is 0 Å². The number of rotatable bonds is 3. The first-order valence-electron chi connectivity index (χ1n) is 7.89. The zero-order chi connectivity index (χ0) is 19.2. The summed E-state index contributed by atoms with van der Waals surface area (Å²) in [7, 11) is 0.